The van der Waals surface area contributed by atoms with E-state index in [1.165, 1.54) is 18.4 Å². The van der Waals surface area contributed by atoms with E-state index in [-0.39, 0.29) is 0 Å². The van der Waals surface area contributed by atoms with Gasteiger partial charge in [0.05, 0.1) is 6.10 Å². The summed E-state index contributed by atoms with van der Waals surface area (Å²) in [5.41, 5.74) is 1.26. The van der Waals surface area contributed by atoms with Gasteiger partial charge in [-0.05, 0) is 50.3 Å². The van der Waals surface area contributed by atoms with E-state index in [1.807, 2.05) is 25.3 Å². The summed E-state index contributed by atoms with van der Waals surface area (Å²) in [6.45, 7) is 2.20. The fraction of sp³-hybridized carbons (Fsp3) is 0.600. The Balaban J connectivity index is 1.86. The Hall–Kier alpha value is -0.570. The van der Waals surface area contributed by atoms with E-state index in [2.05, 4.69) is 18.3 Å². The highest BCUT2D eigenvalue weighted by molar-refractivity contribution is 6.30. The molecule has 100 valence electrons. The molecule has 18 heavy (non-hydrogen) atoms. The van der Waals surface area contributed by atoms with E-state index in [9.17, 15) is 0 Å². The average molecular weight is 268 g/mol. The zero-order valence-corrected chi connectivity index (χ0v) is 11.9. The van der Waals surface area contributed by atoms with E-state index in [0.29, 0.717) is 18.2 Å². The molecule has 1 N–H and O–H groups in total. The molecule has 1 atom stereocenters. The van der Waals surface area contributed by atoms with Gasteiger partial charge in [-0.3, -0.25) is 0 Å². The molecule has 2 rings (SSSR count). The maximum absolute atomic E-state index is 6.03. The summed E-state index contributed by atoms with van der Waals surface area (Å²) in [7, 11) is 1.81. The van der Waals surface area contributed by atoms with E-state index in [1.54, 1.807) is 0 Å². The number of ether oxygens (including phenoxy) is 1. The van der Waals surface area contributed by atoms with Crippen molar-refractivity contribution in [1.82, 2.24) is 5.32 Å². The van der Waals surface area contributed by atoms with Gasteiger partial charge in [-0.1, -0.05) is 23.7 Å². The molecule has 1 fully saturated rings. The van der Waals surface area contributed by atoms with Crippen LogP contribution in [0.5, 0.6) is 0 Å². The number of nitrogens with one attached hydrogen (secondary N) is 1. The summed E-state index contributed by atoms with van der Waals surface area (Å²) >= 11 is 6.03. The van der Waals surface area contributed by atoms with Gasteiger partial charge in [0.2, 0.25) is 0 Å². The van der Waals surface area contributed by atoms with Crippen LogP contribution in [0.25, 0.3) is 0 Å². The molecule has 0 unspecified atom stereocenters. The van der Waals surface area contributed by atoms with E-state index >= 15 is 0 Å². The Morgan fingerprint density at radius 2 is 2.00 bits per heavy atom. The van der Waals surface area contributed by atoms with Gasteiger partial charge in [-0.15, -0.1) is 0 Å². The van der Waals surface area contributed by atoms with Gasteiger partial charge < -0.3 is 10.1 Å². The Morgan fingerprint density at radius 1 is 1.28 bits per heavy atom. The molecule has 1 aromatic carbocycles. The smallest absolute Gasteiger partial charge is 0.0572 e. The van der Waals surface area contributed by atoms with Gasteiger partial charge in [-0.2, -0.15) is 0 Å². The molecule has 3 heteroatoms. The largest absolute Gasteiger partial charge is 0.381 e. The molecule has 1 aliphatic rings. The van der Waals surface area contributed by atoms with Gasteiger partial charge in [-0.25, -0.2) is 0 Å². The number of halogens is 1. The molecule has 0 aromatic heterocycles. The van der Waals surface area contributed by atoms with Crippen LogP contribution in [0.1, 0.15) is 44.2 Å². The molecule has 0 aliphatic heterocycles. The van der Waals surface area contributed by atoms with E-state index < -0.39 is 0 Å². The first kappa shape index (κ1) is 13.9. The first-order chi connectivity index (χ1) is 8.69. The average Bonchev–Trinajstić information content (AvgIpc) is 2.39. The molecular weight excluding hydrogens is 246 g/mol. The van der Waals surface area contributed by atoms with Crippen molar-refractivity contribution in [2.24, 2.45) is 0 Å². The van der Waals surface area contributed by atoms with Crippen LogP contribution in [0, 0.1) is 0 Å². The Kier molecular flexibility index (Phi) is 5.04. The van der Waals surface area contributed by atoms with Crippen molar-refractivity contribution < 1.29 is 4.74 Å². The standard InChI is InChI=1S/C15H22ClNO/c1-11(12-4-3-5-13(16)10-12)17-14-6-8-15(18-2)9-7-14/h3-5,10-11,14-15,17H,6-9H2,1-2H3/t11-,14?,15?/m1/s1. The number of methoxy groups -OCH3 is 1. The summed E-state index contributed by atoms with van der Waals surface area (Å²) in [6.07, 6.45) is 5.18. The predicted molar refractivity (Wildman–Crippen MR) is 76.1 cm³/mol. The quantitative estimate of drug-likeness (QED) is 0.892. The second-order valence-corrected chi connectivity index (χ2v) is 5.59. The minimum absolute atomic E-state index is 0.354. The van der Waals surface area contributed by atoms with Gasteiger partial charge >= 0.3 is 0 Å². The minimum atomic E-state index is 0.354. The monoisotopic (exact) mass is 267 g/mol. The Bertz CT molecular complexity index is 375. The highest BCUT2D eigenvalue weighted by Gasteiger charge is 2.22. The molecule has 0 radical (unpaired) electrons. The highest BCUT2D eigenvalue weighted by Crippen LogP contribution is 2.24. The van der Waals surface area contributed by atoms with Gasteiger partial charge in [0.25, 0.3) is 0 Å². The van der Waals surface area contributed by atoms with Crippen LogP contribution in [-0.2, 0) is 4.74 Å². The van der Waals surface area contributed by atoms with Crippen LogP contribution in [-0.4, -0.2) is 19.3 Å². The maximum Gasteiger partial charge on any atom is 0.0572 e. The third-order valence-corrected chi connectivity index (χ3v) is 4.08. The normalized spacial score (nSPS) is 25.9. The number of hydrogen-bond acceptors (Lipinski definition) is 2. The highest BCUT2D eigenvalue weighted by atomic mass is 35.5. The van der Waals surface area contributed by atoms with Crippen molar-refractivity contribution in [1.29, 1.82) is 0 Å². The molecule has 0 amide bonds. The van der Waals surface area contributed by atoms with Crippen molar-refractivity contribution in [3.8, 4) is 0 Å². The lowest BCUT2D eigenvalue weighted by Crippen LogP contribution is -2.36. The minimum Gasteiger partial charge on any atom is -0.381 e. The summed E-state index contributed by atoms with van der Waals surface area (Å²) in [6, 6.07) is 9.06. The van der Waals surface area contributed by atoms with Crippen molar-refractivity contribution in [2.45, 2.75) is 50.8 Å². The number of rotatable bonds is 4. The lowest BCUT2D eigenvalue weighted by molar-refractivity contribution is 0.0614. The third kappa shape index (κ3) is 3.71. The van der Waals surface area contributed by atoms with Crippen LogP contribution >= 0.6 is 11.6 Å². The molecule has 1 aromatic rings. The lowest BCUT2D eigenvalue weighted by Gasteiger charge is -2.30. The summed E-state index contributed by atoms with van der Waals surface area (Å²) < 4.78 is 5.40. The zero-order valence-electron chi connectivity index (χ0n) is 11.2. The van der Waals surface area contributed by atoms with Gasteiger partial charge in [0.15, 0.2) is 0 Å². The molecule has 0 bridgehead atoms. The molecule has 0 saturated heterocycles. The Labute approximate surface area is 115 Å². The topological polar surface area (TPSA) is 21.3 Å². The van der Waals surface area contributed by atoms with Crippen LogP contribution < -0.4 is 5.32 Å². The summed E-state index contributed by atoms with van der Waals surface area (Å²) in [4.78, 5) is 0. The Morgan fingerprint density at radius 3 is 2.61 bits per heavy atom. The molecule has 0 heterocycles. The fourth-order valence-electron chi connectivity index (χ4n) is 2.69. The van der Waals surface area contributed by atoms with Crippen LogP contribution in [0.15, 0.2) is 24.3 Å². The van der Waals surface area contributed by atoms with Crippen LogP contribution in [0.3, 0.4) is 0 Å². The molecule has 0 spiro atoms. The second-order valence-electron chi connectivity index (χ2n) is 5.15. The van der Waals surface area contributed by atoms with E-state index in [4.69, 9.17) is 16.3 Å². The fourth-order valence-corrected chi connectivity index (χ4v) is 2.89. The number of benzene rings is 1. The maximum atomic E-state index is 6.03. The first-order valence-corrected chi connectivity index (χ1v) is 7.11. The van der Waals surface area contributed by atoms with Crippen molar-refractivity contribution in [3.63, 3.8) is 0 Å². The SMILES string of the molecule is COC1CCC(N[C@H](C)c2cccc(Cl)c2)CC1. The van der Waals surface area contributed by atoms with Crippen LogP contribution in [0.2, 0.25) is 5.02 Å². The van der Waals surface area contributed by atoms with E-state index in [0.717, 1.165) is 17.9 Å². The summed E-state index contributed by atoms with van der Waals surface area (Å²) in [5, 5.41) is 4.50. The second kappa shape index (κ2) is 6.55. The van der Waals surface area contributed by atoms with Crippen molar-refractivity contribution in [3.05, 3.63) is 34.9 Å². The molecule has 1 aliphatic carbocycles. The van der Waals surface area contributed by atoms with Crippen molar-refractivity contribution >= 4 is 11.6 Å². The van der Waals surface area contributed by atoms with Gasteiger partial charge in [0, 0.05) is 24.2 Å². The number of hydrogen-bond donors (Lipinski definition) is 1. The predicted octanol–water partition coefficient (Wildman–Crippen LogP) is 3.95. The third-order valence-electron chi connectivity index (χ3n) is 3.84. The molecule has 1 saturated carbocycles. The lowest BCUT2D eigenvalue weighted by atomic mass is 9.92. The zero-order chi connectivity index (χ0) is 13.0. The van der Waals surface area contributed by atoms with Gasteiger partial charge in [0.1, 0.15) is 0 Å². The van der Waals surface area contributed by atoms with Crippen LogP contribution in [0.4, 0.5) is 0 Å². The van der Waals surface area contributed by atoms with Crippen molar-refractivity contribution in [2.75, 3.05) is 7.11 Å². The summed E-state index contributed by atoms with van der Waals surface area (Å²) in [5.74, 6) is 0. The first-order valence-electron chi connectivity index (χ1n) is 6.73. The molecular formula is C15H22ClNO. The molecule has 2 nitrogen and oxygen atoms in total.